The second-order valence-electron chi connectivity index (χ2n) is 4.45. The third-order valence-corrected chi connectivity index (χ3v) is 2.96. The first kappa shape index (κ1) is 12.8. The zero-order valence-electron chi connectivity index (χ0n) is 10.7. The van der Waals surface area contributed by atoms with Crippen LogP contribution >= 0.6 is 0 Å². The summed E-state index contributed by atoms with van der Waals surface area (Å²) in [5.41, 5.74) is 0.407. The largest absolute Gasteiger partial charge is 0.468 e. The molecule has 2 heterocycles. The van der Waals surface area contributed by atoms with Crippen molar-refractivity contribution in [3.8, 4) is 5.88 Å². The molecule has 1 unspecified atom stereocenters. The van der Waals surface area contributed by atoms with Crippen LogP contribution in [0.4, 0.5) is 5.69 Å². The first-order chi connectivity index (χ1) is 8.63. The van der Waals surface area contributed by atoms with Crippen LogP contribution < -0.4 is 10.1 Å². The lowest BCUT2D eigenvalue weighted by Gasteiger charge is -2.12. The summed E-state index contributed by atoms with van der Waals surface area (Å²) in [5.74, 6) is 0.299. The van der Waals surface area contributed by atoms with Gasteiger partial charge in [0, 0.05) is 13.1 Å². The average Bonchev–Trinajstić information content (AvgIpc) is 2.89. The molecule has 2 rings (SSSR count). The lowest BCUT2D eigenvalue weighted by Crippen LogP contribution is -2.21. The van der Waals surface area contributed by atoms with Crippen molar-refractivity contribution >= 4 is 5.69 Å². The maximum atomic E-state index is 11.1. The van der Waals surface area contributed by atoms with Gasteiger partial charge in [0.15, 0.2) is 0 Å². The fraction of sp³-hybridized carbons (Fsp3) is 0.727. The number of aromatic nitrogens is 2. The smallest absolute Gasteiger partial charge is 0.353 e. The number of hydrogen-bond acceptors (Lipinski definition) is 5. The van der Waals surface area contributed by atoms with E-state index in [1.807, 2.05) is 6.92 Å². The zero-order chi connectivity index (χ0) is 13.1. The lowest BCUT2D eigenvalue weighted by atomic mass is 10.3. The predicted molar refractivity (Wildman–Crippen MR) is 65.8 cm³/mol. The first-order valence-corrected chi connectivity index (χ1v) is 6.22. The Morgan fingerprint density at radius 1 is 1.67 bits per heavy atom. The fourth-order valence-corrected chi connectivity index (χ4v) is 2.13. The van der Waals surface area contributed by atoms with E-state index in [1.54, 1.807) is 11.6 Å². The number of rotatable bonds is 5. The molecule has 1 N–H and O–H groups in total. The van der Waals surface area contributed by atoms with Gasteiger partial charge in [0.25, 0.3) is 5.88 Å². The third kappa shape index (κ3) is 2.45. The molecule has 1 aromatic heterocycles. The average molecular weight is 254 g/mol. The van der Waals surface area contributed by atoms with Crippen molar-refractivity contribution in [2.75, 3.05) is 13.1 Å². The van der Waals surface area contributed by atoms with Crippen LogP contribution in [0.25, 0.3) is 0 Å². The summed E-state index contributed by atoms with van der Waals surface area (Å²) in [6.07, 6.45) is 1.72. The number of nitrogens with one attached hydrogen (secondary N) is 1. The molecule has 7 heteroatoms. The SMILES string of the molecule is CCCn1nc(C)c([N+](=O)[O-])c1OC1CCNC1. The standard InChI is InChI=1S/C11H18N4O3/c1-3-6-14-11(18-9-4-5-12-7-9)10(15(16)17)8(2)13-14/h9,12H,3-7H2,1-2H3. The highest BCUT2D eigenvalue weighted by atomic mass is 16.6. The molecule has 0 spiro atoms. The van der Waals surface area contributed by atoms with Crippen LogP contribution in [0.1, 0.15) is 25.5 Å². The summed E-state index contributed by atoms with van der Waals surface area (Å²) in [6.45, 7) is 5.89. The number of nitro groups is 1. The Labute approximate surface area is 105 Å². The van der Waals surface area contributed by atoms with Crippen molar-refractivity contribution in [2.24, 2.45) is 0 Å². The van der Waals surface area contributed by atoms with Crippen LogP contribution in [-0.4, -0.2) is 33.9 Å². The highest BCUT2D eigenvalue weighted by Crippen LogP contribution is 2.32. The molecule has 1 fully saturated rings. The Morgan fingerprint density at radius 3 is 3.00 bits per heavy atom. The van der Waals surface area contributed by atoms with E-state index in [0.29, 0.717) is 18.1 Å². The van der Waals surface area contributed by atoms with E-state index in [2.05, 4.69) is 10.4 Å². The molecular formula is C11H18N4O3. The van der Waals surface area contributed by atoms with Crippen molar-refractivity contribution in [1.29, 1.82) is 0 Å². The molecule has 1 aromatic rings. The topological polar surface area (TPSA) is 82.2 Å². The van der Waals surface area contributed by atoms with Crippen molar-refractivity contribution in [3.05, 3.63) is 15.8 Å². The van der Waals surface area contributed by atoms with Crippen molar-refractivity contribution < 1.29 is 9.66 Å². The van der Waals surface area contributed by atoms with Gasteiger partial charge < -0.3 is 10.1 Å². The van der Waals surface area contributed by atoms with Crippen molar-refractivity contribution in [1.82, 2.24) is 15.1 Å². The van der Waals surface area contributed by atoms with Crippen LogP contribution in [0.3, 0.4) is 0 Å². The van der Waals surface area contributed by atoms with E-state index in [4.69, 9.17) is 4.74 Å². The second-order valence-corrected chi connectivity index (χ2v) is 4.45. The van der Waals surface area contributed by atoms with Crippen molar-refractivity contribution in [3.63, 3.8) is 0 Å². The molecule has 1 aliphatic rings. The Kier molecular flexibility index (Phi) is 3.81. The number of ether oxygens (including phenoxy) is 1. The van der Waals surface area contributed by atoms with Gasteiger partial charge in [-0.1, -0.05) is 6.92 Å². The van der Waals surface area contributed by atoms with Crippen LogP contribution in [0.5, 0.6) is 5.88 Å². The Balaban J connectivity index is 2.30. The Morgan fingerprint density at radius 2 is 2.44 bits per heavy atom. The fourth-order valence-electron chi connectivity index (χ4n) is 2.13. The summed E-state index contributed by atoms with van der Waals surface area (Å²) in [6, 6.07) is 0. The number of hydrogen-bond donors (Lipinski definition) is 1. The lowest BCUT2D eigenvalue weighted by molar-refractivity contribution is -0.386. The molecule has 18 heavy (non-hydrogen) atoms. The first-order valence-electron chi connectivity index (χ1n) is 6.22. The number of aryl methyl sites for hydroxylation is 2. The van der Waals surface area contributed by atoms with Gasteiger partial charge >= 0.3 is 5.69 Å². The molecule has 0 saturated carbocycles. The van der Waals surface area contributed by atoms with E-state index in [9.17, 15) is 10.1 Å². The molecular weight excluding hydrogens is 236 g/mol. The molecule has 0 radical (unpaired) electrons. The van der Waals surface area contributed by atoms with Crippen LogP contribution in [0.15, 0.2) is 0 Å². The minimum Gasteiger partial charge on any atom is -0.468 e. The quantitative estimate of drug-likeness (QED) is 0.631. The Hall–Kier alpha value is -1.63. The third-order valence-electron chi connectivity index (χ3n) is 2.96. The van der Waals surface area contributed by atoms with Gasteiger partial charge in [0.1, 0.15) is 11.8 Å². The highest BCUT2D eigenvalue weighted by molar-refractivity contribution is 5.45. The zero-order valence-corrected chi connectivity index (χ0v) is 10.7. The molecule has 1 atom stereocenters. The van der Waals surface area contributed by atoms with E-state index in [1.165, 1.54) is 0 Å². The van der Waals surface area contributed by atoms with Gasteiger partial charge in [0.05, 0.1) is 4.92 Å². The number of nitrogens with zero attached hydrogens (tertiary/aromatic N) is 3. The molecule has 100 valence electrons. The molecule has 0 bridgehead atoms. The summed E-state index contributed by atoms with van der Waals surface area (Å²) in [7, 11) is 0. The molecule has 7 nitrogen and oxygen atoms in total. The van der Waals surface area contributed by atoms with Gasteiger partial charge in [-0.05, 0) is 26.3 Å². The predicted octanol–water partition coefficient (Wildman–Crippen LogP) is 1.25. The molecule has 0 aliphatic carbocycles. The van der Waals surface area contributed by atoms with E-state index < -0.39 is 4.92 Å². The molecule has 0 aromatic carbocycles. The van der Waals surface area contributed by atoms with E-state index in [-0.39, 0.29) is 11.8 Å². The summed E-state index contributed by atoms with van der Waals surface area (Å²) < 4.78 is 7.37. The summed E-state index contributed by atoms with van der Waals surface area (Å²) >= 11 is 0. The van der Waals surface area contributed by atoms with Gasteiger partial charge in [0.2, 0.25) is 0 Å². The monoisotopic (exact) mass is 254 g/mol. The van der Waals surface area contributed by atoms with Gasteiger partial charge in [-0.2, -0.15) is 5.10 Å². The maximum Gasteiger partial charge on any atom is 0.353 e. The van der Waals surface area contributed by atoms with Gasteiger partial charge in [-0.3, -0.25) is 10.1 Å². The second kappa shape index (κ2) is 5.34. The van der Waals surface area contributed by atoms with E-state index in [0.717, 1.165) is 25.9 Å². The summed E-state index contributed by atoms with van der Waals surface area (Å²) in [5, 5.41) is 18.5. The normalized spacial score (nSPS) is 19.1. The van der Waals surface area contributed by atoms with Crippen molar-refractivity contribution in [2.45, 2.75) is 39.3 Å². The minimum absolute atomic E-state index is 0.00425. The molecule has 1 saturated heterocycles. The van der Waals surface area contributed by atoms with E-state index >= 15 is 0 Å². The van der Waals surface area contributed by atoms with Crippen LogP contribution in [-0.2, 0) is 6.54 Å². The molecule has 1 aliphatic heterocycles. The minimum atomic E-state index is -0.411. The molecule has 0 amide bonds. The van der Waals surface area contributed by atoms with Crippen LogP contribution in [0.2, 0.25) is 0 Å². The maximum absolute atomic E-state index is 11.1. The summed E-state index contributed by atoms with van der Waals surface area (Å²) in [4.78, 5) is 10.7. The van der Waals surface area contributed by atoms with Gasteiger partial charge in [-0.15, -0.1) is 0 Å². The highest BCUT2D eigenvalue weighted by Gasteiger charge is 2.29. The van der Waals surface area contributed by atoms with Crippen LogP contribution in [0, 0.1) is 17.0 Å². The Bertz CT molecular complexity index is 438. The van der Waals surface area contributed by atoms with Gasteiger partial charge in [-0.25, -0.2) is 4.68 Å².